The summed E-state index contributed by atoms with van der Waals surface area (Å²) in [4.78, 5) is 22.8. The minimum absolute atomic E-state index is 0.0566. The van der Waals surface area contributed by atoms with Gasteiger partial charge in [0.1, 0.15) is 5.69 Å². The van der Waals surface area contributed by atoms with E-state index in [1.165, 1.54) is 5.56 Å². The van der Waals surface area contributed by atoms with Crippen LogP contribution in [-0.2, 0) is 5.41 Å². The molecule has 1 saturated heterocycles. The maximum atomic E-state index is 13.1. The maximum Gasteiger partial charge on any atom is 0.270 e. The predicted octanol–water partition coefficient (Wildman–Crippen LogP) is 5.86. The fourth-order valence-electron chi connectivity index (χ4n) is 4.47. The van der Waals surface area contributed by atoms with Crippen molar-refractivity contribution < 1.29 is 4.79 Å². The van der Waals surface area contributed by atoms with Crippen molar-refractivity contribution in [3.63, 3.8) is 0 Å². The van der Waals surface area contributed by atoms with E-state index in [2.05, 4.69) is 38.0 Å². The van der Waals surface area contributed by atoms with E-state index in [-0.39, 0.29) is 11.3 Å². The third-order valence-electron chi connectivity index (χ3n) is 6.06. The van der Waals surface area contributed by atoms with E-state index in [9.17, 15) is 4.79 Å². The highest BCUT2D eigenvalue weighted by Gasteiger charge is 2.40. The van der Waals surface area contributed by atoms with Crippen LogP contribution in [0.1, 0.15) is 35.3 Å². The molecule has 1 amide bonds. The molecule has 4 nitrogen and oxygen atoms in total. The summed E-state index contributed by atoms with van der Waals surface area (Å²) in [5, 5.41) is 1.64. The van der Waals surface area contributed by atoms with Gasteiger partial charge < -0.3 is 9.88 Å². The Morgan fingerprint density at radius 3 is 2.79 bits per heavy atom. The molecule has 0 atom stereocenters. The number of nitrogens with one attached hydrogen (secondary N) is 1. The van der Waals surface area contributed by atoms with Crippen LogP contribution in [-0.4, -0.2) is 35.1 Å². The first-order valence-electron chi connectivity index (χ1n) is 9.44. The second kappa shape index (κ2) is 6.75. The highest BCUT2D eigenvalue weighted by molar-refractivity contribution is 9.10. The summed E-state index contributed by atoms with van der Waals surface area (Å²) in [7, 11) is 0. The molecule has 1 N–H and O–H groups in total. The Hall–Kier alpha value is -2.11. The molecule has 2 aliphatic heterocycles. The number of likely N-dealkylation sites (tertiary alicyclic amines) is 1. The lowest BCUT2D eigenvalue weighted by Crippen LogP contribution is -2.46. The zero-order valence-corrected chi connectivity index (χ0v) is 17.6. The number of carbonyl (C=O) groups excluding carboxylic acids is 1. The summed E-state index contributed by atoms with van der Waals surface area (Å²) in [6.45, 7) is 1.49. The van der Waals surface area contributed by atoms with E-state index in [1.54, 1.807) is 0 Å². The highest BCUT2D eigenvalue weighted by atomic mass is 79.9. The van der Waals surface area contributed by atoms with Gasteiger partial charge in [-0.2, -0.15) is 0 Å². The van der Waals surface area contributed by atoms with Gasteiger partial charge in [0.25, 0.3) is 5.91 Å². The first kappa shape index (κ1) is 18.0. The molecule has 3 aromatic rings. The predicted molar refractivity (Wildman–Crippen MR) is 117 cm³/mol. The molecule has 5 rings (SSSR count). The van der Waals surface area contributed by atoms with Gasteiger partial charge in [-0.25, -0.2) is 0 Å². The van der Waals surface area contributed by atoms with Gasteiger partial charge in [-0.15, -0.1) is 0 Å². The van der Waals surface area contributed by atoms with Crippen LogP contribution in [0, 0.1) is 0 Å². The summed E-state index contributed by atoms with van der Waals surface area (Å²) in [6, 6.07) is 13.8. The minimum Gasteiger partial charge on any atom is -0.351 e. The molecule has 6 heteroatoms. The van der Waals surface area contributed by atoms with Crippen LogP contribution < -0.4 is 0 Å². The SMILES string of the molecule is O=C(c1cc2cc(Cl)ccc2[nH]1)N1CCC2(CC=Nc3ccc(Br)cc32)CC1. The zero-order valence-electron chi connectivity index (χ0n) is 15.2. The molecule has 1 aromatic heterocycles. The molecule has 1 spiro atoms. The monoisotopic (exact) mass is 455 g/mol. The van der Waals surface area contributed by atoms with Crippen LogP contribution in [0.2, 0.25) is 5.02 Å². The summed E-state index contributed by atoms with van der Waals surface area (Å²) < 4.78 is 1.08. The average Bonchev–Trinajstić information content (AvgIpc) is 3.12. The molecule has 0 radical (unpaired) electrons. The van der Waals surface area contributed by atoms with Crippen LogP contribution in [0.15, 0.2) is 51.9 Å². The number of fused-ring (bicyclic) bond motifs is 3. The standard InChI is InChI=1S/C22H19BrClN3O/c23-15-1-3-19-17(13-15)22(5-8-25-19)6-9-27(10-7-22)21(28)20-12-14-11-16(24)2-4-18(14)26-20/h1-4,8,11-13,26H,5-7,9-10H2. The fraction of sp³-hybridized carbons (Fsp3) is 0.273. The Bertz CT molecular complexity index is 1110. The number of nitrogens with zero attached hydrogens (tertiary/aromatic N) is 2. The molecule has 3 heterocycles. The molecular weight excluding hydrogens is 438 g/mol. The van der Waals surface area contributed by atoms with Gasteiger partial charge in [0.15, 0.2) is 0 Å². The van der Waals surface area contributed by atoms with Gasteiger partial charge in [0.05, 0.1) is 5.69 Å². The van der Waals surface area contributed by atoms with E-state index < -0.39 is 0 Å². The lowest BCUT2D eigenvalue weighted by molar-refractivity contribution is 0.0664. The summed E-state index contributed by atoms with van der Waals surface area (Å²) in [6.07, 6.45) is 4.86. The lowest BCUT2D eigenvalue weighted by Gasteiger charge is -2.43. The molecule has 142 valence electrons. The number of piperidine rings is 1. The summed E-state index contributed by atoms with van der Waals surface area (Å²) in [5.41, 5.74) is 3.99. The van der Waals surface area contributed by atoms with E-state index in [0.29, 0.717) is 10.7 Å². The zero-order chi connectivity index (χ0) is 19.3. The number of aliphatic imine (C=N–C) groups is 1. The second-order valence-corrected chi connectivity index (χ2v) is 9.02. The number of rotatable bonds is 1. The first-order valence-corrected chi connectivity index (χ1v) is 10.6. The van der Waals surface area contributed by atoms with Crippen molar-refractivity contribution in [2.24, 2.45) is 4.99 Å². The molecule has 2 aliphatic rings. The molecule has 0 aliphatic carbocycles. The second-order valence-electron chi connectivity index (χ2n) is 7.66. The highest BCUT2D eigenvalue weighted by Crippen LogP contribution is 2.45. The normalized spacial score (nSPS) is 17.9. The maximum absolute atomic E-state index is 13.1. The Morgan fingerprint density at radius 1 is 1.14 bits per heavy atom. The largest absolute Gasteiger partial charge is 0.351 e. The number of halogens is 2. The number of benzene rings is 2. The Labute approximate surface area is 176 Å². The van der Waals surface area contributed by atoms with E-state index in [4.69, 9.17) is 11.6 Å². The van der Waals surface area contributed by atoms with Crippen LogP contribution >= 0.6 is 27.5 Å². The quantitative estimate of drug-likeness (QED) is 0.489. The van der Waals surface area contributed by atoms with Crippen molar-refractivity contribution >= 4 is 56.2 Å². The van der Waals surface area contributed by atoms with E-state index >= 15 is 0 Å². The molecular formula is C22H19BrClN3O. The van der Waals surface area contributed by atoms with Gasteiger partial charge in [-0.05, 0) is 67.3 Å². The van der Waals surface area contributed by atoms with Crippen molar-refractivity contribution in [3.05, 3.63) is 63.2 Å². The molecule has 0 unspecified atom stereocenters. The fourth-order valence-corrected chi connectivity index (χ4v) is 5.02. The number of aromatic amines is 1. The number of aromatic nitrogens is 1. The Kier molecular flexibility index (Phi) is 4.33. The number of carbonyl (C=O) groups is 1. The van der Waals surface area contributed by atoms with Gasteiger partial charge in [-0.3, -0.25) is 9.79 Å². The third kappa shape index (κ3) is 2.97. The number of hydrogen-bond acceptors (Lipinski definition) is 2. The Morgan fingerprint density at radius 2 is 1.96 bits per heavy atom. The van der Waals surface area contributed by atoms with E-state index in [0.717, 1.165) is 53.4 Å². The topological polar surface area (TPSA) is 48.5 Å². The summed E-state index contributed by atoms with van der Waals surface area (Å²) >= 11 is 9.67. The molecule has 0 saturated carbocycles. The molecule has 28 heavy (non-hydrogen) atoms. The number of hydrogen-bond donors (Lipinski definition) is 1. The van der Waals surface area contributed by atoms with Crippen molar-refractivity contribution in [1.82, 2.24) is 9.88 Å². The van der Waals surface area contributed by atoms with Crippen LogP contribution in [0.4, 0.5) is 5.69 Å². The van der Waals surface area contributed by atoms with Crippen molar-refractivity contribution in [2.45, 2.75) is 24.7 Å². The van der Waals surface area contributed by atoms with Crippen molar-refractivity contribution in [2.75, 3.05) is 13.1 Å². The average molecular weight is 457 g/mol. The van der Waals surface area contributed by atoms with Crippen LogP contribution in [0.25, 0.3) is 10.9 Å². The lowest BCUT2D eigenvalue weighted by atomic mass is 9.69. The minimum atomic E-state index is 0.0566. The smallest absolute Gasteiger partial charge is 0.270 e. The van der Waals surface area contributed by atoms with Gasteiger partial charge in [-0.1, -0.05) is 27.5 Å². The van der Waals surface area contributed by atoms with Gasteiger partial charge in [0, 0.05) is 45.1 Å². The number of H-pyrrole nitrogens is 1. The third-order valence-corrected chi connectivity index (χ3v) is 6.79. The van der Waals surface area contributed by atoms with Crippen molar-refractivity contribution in [3.8, 4) is 0 Å². The Balaban J connectivity index is 1.38. The molecule has 1 fully saturated rings. The van der Waals surface area contributed by atoms with Crippen molar-refractivity contribution in [1.29, 1.82) is 0 Å². The number of amides is 1. The first-order chi connectivity index (χ1) is 13.5. The molecule has 0 bridgehead atoms. The molecule has 2 aromatic carbocycles. The van der Waals surface area contributed by atoms with E-state index in [1.807, 2.05) is 41.4 Å². The summed E-state index contributed by atoms with van der Waals surface area (Å²) in [5.74, 6) is 0.0566. The van der Waals surface area contributed by atoms with Crippen LogP contribution in [0.3, 0.4) is 0 Å². The van der Waals surface area contributed by atoms with Gasteiger partial charge >= 0.3 is 0 Å². The van der Waals surface area contributed by atoms with Gasteiger partial charge in [0.2, 0.25) is 0 Å². The van der Waals surface area contributed by atoms with Crippen LogP contribution in [0.5, 0.6) is 0 Å².